The molecule has 0 aliphatic rings. The molecule has 2 rings (SSSR count). The van der Waals surface area contributed by atoms with Crippen LogP contribution in [0.5, 0.6) is 0 Å². The number of fused-ring (bicyclic) bond motifs is 1. The van der Waals surface area contributed by atoms with Gasteiger partial charge in [-0.2, -0.15) is 0 Å². The second-order valence-electron chi connectivity index (χ2n) is 2.57. The number of rotatable bonds is 0. The molecule has 1 aromatic heterocycles. The first-order valence-electron chi connectivity index (χ1n) is 4.49. The molecule has 2 N–H and O–H groups in total. The van der Waals surface area contributed by atoms with Crippen LogP contribution in [0, 0.1) is 6.92 Å². The van der Waals surface area contributed by atoms with E-state index in [0.717, 1.165) is 5.52 Å². The van der Waals surface area contributed by atoms with Crippen LogP contribution in [-0.2, 0) is 0 Å². The van der Waals surface area contributed by atoms with Crippen molar-refractivity contribution >= 4 is 28.4 Å². The highest BCUT2D eigenvalue weighted by atomic mass is 35.5. The van der Waals surface area contributed by atoms with Gasteiger partial charge >= 0.3 is 0 Å². The van der Waals surface area contributed by atoms with Crippen molar-refractivity contribution in [2.24, 2.45) is 0 Å². The van der Waals surface area contributed by atoms with Gasteiger partial charge < -0.3 is 10.2 Å². The highest BCUT2D eigenvalue weighted by molar-refractivity contribution is 6.33. The van der Waals surface area contributed by atoms with Crippen LogP contribution >= 0.6 is 11.6 Å². The molecule has 2 aromatic rings. The van der Waals surface area contributed by atoms with E-state index < -0.39 is 0 Å². The number of nitrogen functional groups attached to an aromatic ring is 1. The summed E-state index contributed by atoms with van der Waals surface area (Å²) in [7, 11) is 0. The minimum absolute atomic E-state index is 0.510. The molecule has 0 radical (unpaired) electrons. The monoisotopic (exact) mass is 212 g/mol. The molecule has 3 nitrogen and oxygen atoms in total. The van der Waals surface area contributed by atoms with Crippen molar-refractivity contribution in [3.05, 3.63) is 23.0 Å². The summed E-state index contributed by atoms with van der Waals surface area (Å²) in [5.41, 5.74) is 7.51. The van der Waals surface area contributed by atoms with E-state index in [1.807, 2.05) is 13.8 Å². The highest BCUT2D eigenvalue weighted by Gasteiger charge is 2.04. The maximum atomic E-state index is 5.79. The lowest BCUT2D eigenvalue weighted by Gasteiger charge is -1.94. The van der Waals surface area contributed by atoms with Crippen LogP contribution in [0.3, 0.4) is 0 Å². The lowest BCUT2D eigenvalue weighted by molar-refractivity contribution is 0.561. The molecule has 0 amide bonds. The van der Waals surface area contributed by atoms with Gasteiger partial charge in [0, 0.05) is 13.0 Å². The van der Waals surface area contributed by atoms with Crippen molar-refractivity contribution in [1.29, 1.82) is 0 Å². The van der Waals surface area contributed by atoms with Gasteiger partial charge in [-0.25, -0.2) is 4.98 Å². The fraction of sp³-hybridized carbons (Fsp3) is 0.300. The van der Waals surface area contributed by atoms with Crippen LogP contribution in [0.25, 0.3) is 11.1 Å². The first kappa shape index (κ1) is 10.9. The van der Waals surface area contributed by atoms with Crippen molar-refractivity contribution in [1.82, 2.24) is 4.98 Å². The molecule has 0 bridgehead atoms. The van der Waals surface area contributed by atoms with Gasteiger partial charge in [-0.3, -0.25) is 0 Å². The van der Waals surface area contributed by atoms with Crippen molar-refractivity contribution in [2.45, 2.75) is 20.8 Å². The molecule has 1 aromatic carbocycles. The first-order chi connectivity index (χ1) is 6.66. The minimum Gasteiger partial charge on any atom is -0.441 e. The smallest absolute Gasteiger partial charge is 0.192 e. The number of aryl methyl sites for hydroxylation is 1. The van der Waals surface area contributed by atoms with Crippen LogP contribution in [-0.4, -0.2) is 4.98 Å². The predicted octanol–water partition coefficient (Wildman–Crippen LogP) is 3.40. The Morgan fingerprint density at radius 3 is 2.64 bits per heavy atom. The Bertz CT molecular complexity index is 398. The predicted molar refractivity (Wildman–Crippen MR) is 59.5 cm³/mol. The average molecular weight is 213 g/mol. The number of hydrogen-bond donors (Lipinski definition) is 1. The van der Waals surface area contributed by atoms with E-state index >= 15 is 0 Å². The average Bonchev–Trinajstić information content (AvgIpc) is 2.49. The largest absolute Gasteiger partial charge is 0.441 e. The molecular weight excluding hydrogens is 200 g/mol. The SMILES string of the molecule is CC.Cc1nc2cc(Cl)c(N)cc2o1. The number of nitrogens with zero attached hydrogens (tertiary/aromatic N) is 1. The molecule has 0 atom stereocenters. The molecule has 14 heavy (non-hydrogen) atoms. The van der Waals surface area contributed by atoms with Gasteiger partial charge in [-0.1, -0.05) is 25.4 Å². The molecule has 0 fully saturated rings. The Hall–Kier alpha value is -1.22. The Morgan fingerprint density at radius 2 is 2.00 bits per heavy atom. The van der Waals surface area contributed by atoms with Crippen molar-refractivity contribution < 1.29 is 4.42 Å². The third-order valence-corrected chi connectivity index (χ3v) is 1.94. The lowest BCUT2D eigenvalue weighted by Crippen LogP contribution is -1.84. The van der Waals surface area contributed by atoms with Crippen molar-refractivity contribution in [3.63, 3.8) is 0 Å². The fourth-order valence-corrected chi connectivity index (χ4v) is 1.24. The number of benzene rings is 1. The number of aromatic nitrogens is 1. The summed E-state index contributed by atoms with van der Waals surface area (Å²) in [5.74, 6) is 0.617. The van der Waals surface area contributed by atoms with E-state index in [4.69, 9.17) is 21.8 Å². The summed E-state index contributed by atoms with van der Waals surface area (Å²) < 4.78 is 5.25. The van der Waals surface area contributed by atoms with E-state index in [-0.39, 0.29) is 0 Å². The normalized spacial score (nSPS) is 9.71. The van der Waals surface area contributed by atoms with Crippen LogP contribution in [0.4, 0.5) is 5.69 Å². The summed E-state index contributed by atoms with van der Waals surface area (Å²) in [4.78, 5) is 4.11. The standard InChI is InChI=1S/C8H7ClN2O.C2H6/c1-4-11-7-2-5(9)6(10)3-8(7)12-4;1-2/h2-3H,10H2,1H3;1-2H3. The van der Waals surface area contributed by atoms with Gasteiger partial charge in [0.2, 0.25) is 0 Å². The second-order valence-corrected chi connectivity index (χ2v) is 2.98. The van der Waals surface area contributed by atoms with Gasteiger partial charge in [-0.15, -0.1) is 0 Å². The zero-order valence-corrected chi connectivity index (χ0v) is 9.22. The summed E-state index contributed by atoms with van der Waals surface area (Å²) in [6.45, 7) is 5.78. The highest BCUT2D eigenvalue weighted by Crippen LogP contribution is 2.25. The van der Waals surface area contributed by atoms with Crippen LogP contribution in [0.15, 0.2) is 16.5 Å². The van der Waals surface area contributed by atoms with Gasteiger partial charge in [0.05, 0.1) is 10.7 Å². The van der Waals surface area contributed by atoms with Gasteiger partial charge in [0.25, 0.3) is 0 Å². The molecular formula is C10H13ClN2O. The Balaban J connectivity index is 0.000000461. The zero-order chi connectivity index (χ0) is 10.7. The number of halogens is 1. The van der Waals surface area contributed by atoms with Crippen LogP contribution in [0.2, 0.25) is 5.02 Å². The Labute approximate surface area is 87.9 Å². The number of nitrogens with two attached hydrogens (primary N) is 1. The molecule has 1 heterocycles. The molecule has 0 saturated heterocycles. The molecule has 0 spiro atoms. The summed E-state index contributed by atoms with van der Waals surface area (Å²) >= 11 is 5.79. The van der Waals surface area contributed by atoms with E-state index in [9.17, 15) is 0 Å². The van der Waals surface area contributed by atoms with Crippen LogP contribution < -0.4 is 5.73 Å². The van der Waals surface area contributed by atoms with Gasteiger partial charge in [-0.05, 0) is 6.07 Å². The summed E-state index contributed by atoms with van der Waals surface area (Å²) in [6, 6.07) is 3.38. The topological polar surface area (TPSA) is 52.0 Å². The fourth-order valence-electron chi connectivity index (χ4n) is 1.08. The molecule has 0 aliphatic heterocycles. The maximum absolute atomic E-state index is 5.79. The molecule has 0 aliphatic carbocycles. The van der Waals surface area contributed by atoms with Crippen molar-refractivity contribution in [2.75, 3.05) is 5.73 Å². The molecule has 76 valence electrons. The van der Waals surface area contributed by atoms with E-state index in [1.54, 1.807) is 19.1 Å². The van der Waals surface area contributed by atoms with E-state index in [0.29, 0.717) is 22.2 Å². The Kier molecular flexibility index (Phi) is 3.36. The zero-order valence-electron chi connectivity index (χ0n) is 8.47. The number of oxazole rings is 1. The van der Waals surface area contributed by atoms with Gasteiger partial charge in [0.1, 0.15) is 5.52 Å². The summed E-state index contributed by atoms with van der Waals surface area (Å²) in [5, 5.41) is 0.510. The third kappa shape index (κ3) is 1.99. The van der Waals surface area contributed by atoms with E-state index in [2.05, 4.69) is 4.98 Å². The minimum atomic E-state index is 0.510. The quantitative estimate of drug-likeness (QED) is 0.681. The number of hydrogen-bond acceptors (Lipinski definition) is 3. The second kappa shape index (κ2) is 4.33. The van der Waals surface area contributed by atoms with Crippen LogP contribution in [0.1, 0.15) is 19.7 Å². The number of anilines is 1. The van der Waals surface area contributed by atoms with Gasteiger partial charge in [0.15, 0.2) is 11.5 Å². The van der Waals surface area contributed by atoms with Crippen molar-refractivity contribution in [3.8, 4) is 0 Å². The summed E-state index contributed by atoms with van der Waals surface area (Å²) in [6.07, 6.45) is 0. The first-order valence-corrected chi connectivity index (χ1v) is 4.87. The molecule has 0 saturated carbocycles. The molecule has 0 unspecified atom stereocenters. The van der Waals surface area contributed by atoms with E-state index in [1.165, 1.54) is 0 Å². The maximum Gasteiger partial charge on any atom is 0.192 e. The Morgan fingerprint density at radius 1 is 1.36 bits per heavy atom. The lowest BCUT2D eigenvalue weighted by atomic mass is 10.3. The third-order valence-electron chi connectivity index (χ3n) is 1.61. The molecule has 4 heteroatoms.